The molecule has 0 fully saturated rings. The maximum absolute atomic E-state index is 2.82. The Morgan fingerprint density at radius 1 is 0.444 bits per heavy atom. The predicted molar refractivity (Wildman–Crippen MR) is 178 cm³/mol. The summed E-state index contributed by atoms with van der Waals surface area (Å²) in [5.41, 5.74) is 15.7. The Balaban J connectivity index is 0.00000179. The molecule has 1 unspecified atom stereocenters. The molecule has 0 spiro atoms. The van der Waals surface area contributed by atoms with Gasteiger partial charge >= 0.3 is 264 Å². The van der Waals surface area contributed by atoms with Crippen LogP contribution >= 0.6 is 0 Å². The number of halogens is 2. The fourth-order valence-corrected chi connectivity index (χ4v) is 17.9. The Kier molecular flexibility index (Phi) is 9.34. The molecular weight excluding hydrogens is 667 g/mol. The molecule has 0 saturated carbocycles. The van der Waals surface area contributed by atoms with E-state index in [1.807, 2.05) is 0 Å². The van der Waals surface area contributed by atoms with E-state index in [0.717, 1.165) is 0 Å². The van der Waals surface area contributed by atoms with E-state index in [-0.39, 0.29) is 24.8 Å². The van der Waals surface area contributed by atoms with E-state index < -0.39 is 21.3 Å². The summed E-state index contributed by atoms with van der Waals surface area (Å²) in [6.45, 7) is 2.40. The molecule has 3 heteroatoms. The molecule has 6 aromatic carbocycles. The molecule has 8 rings (SSSR count). The van der Waals surface area contributed by atoms with E-state index in [9.17, 15) is 0 Å². The van der Waals surface area contributed by atoms with E-state index in [1.54, 1.807) is 3.21 Å². The van der Waals surface area contributed by atoms with Gasteiger partial charge in [-0.2, -0.15) is 0 Å². The Morgan fingerprint density at radius 3 is 1.44 bits per heavy atom. The van der Waals surface area contributed by atoms with Crippen molar-refractivity contribution in [1.29, 1.82) is 0 Å². The fourth-order valence-electron chi connectivity index (χ4n) is 7.49. The molecule has 0 amide bonds. The summed E-state index contributed by atoms with van der Waals surface area (Å²) in [7, 11) is 0. The minimum absolute atomic E-state index is 0. The standard InChI is InChI=1S/C16H13.C13H9.C13H10.2ClH.Zr/c1-12-10-14-8-5-9-15(16(14)11-12)13-6-3-2-4-7-13;1-3-7-12-10(5-1)9-11-6-2-4-8-13(11)12;1-3-7-12(8-4-1)11-13-9-5-2-6-10-13;;;/h2-11H,1H3;1-9H;1-10H;2*1H;/q;;;;;+2/p-2. The van der Waals surface area contributed by atoms with Crippen LogP contribution < -0.4 is 24.8 Å². The molecule has 6 aromatic rings. The second-order valence-electron chi connectivity index (χ2n) is 11.7. The van der Waals surface area contributed by atoms with Crippen molar-refractivity contribution < 1.29 is 46.1 Å². The number of fused-ring (bicyclic) bond motifs is 4. The molecule has 0 aliphatic heterocycles. The number of allylic oxidation sites excluding steroid dienone is 1. The first-order chi connectivity index (χ1) is 21.3. The number of rotatable bonds is 5. The zero-order chi connectivity index (χ0) is 28.8. The first-order valence-corrected chi connectivity index (χ1v) is 19.3. The minimum Gasteiger partial charge on any atom is -1.00 e. The second-order valence-corrected chi connectivity index (χ2v) is 18.0. The Bertz CT molecular complexity index is 1940. The van der Waals surface area contributed by atoms with Gasteiger partial charge in [-0.1, -0.05) is 0 Å². The van der Waals surface area contributed by atoms with Gasteiger partial charge in [0.1, 0.15) is 0 Å². The molecule has 0 nitrogen and oxygen atoms in total. The van der Waals surface area contributed by atoms with E-state index in [1.165, 1.54) is 61.2 Å². The SMILES string of the molecule is CC1=Cc2c(-c3ccccc3)cccc2[CH]1[Zr+2](=[C](c1ccccc1)c1ccccc1)[CH]1c2ccccc2-c2ccccc21.[Cl-].[Cl-]. The third-order valence-electron chi connectivity index (χ3n) is 9.23. The van der Waals surface area contributed by atoms with Gasteiger partial charge < -0.3 is 24.8 Å². The van der Waals surface area contributed by atoms with Crippen LogP contribution in [0.1, 0.15) is 47.6 Å². The zero-order valence-electron chi connectivity index (χ0n) is 25.0. The summed E-state index contributed by atoms with van der Waals surface area (Å²) in [4.78, 5) is 0. The number of hydrogen-bond acceptors (Lipinski definition) is 0. The van der Waals surface area contributed by atoms with Gasteiger partial charge in [-0.25, -0.2) is 0 Å². The Morgan fingerprint density at radius 2 is 0.889 bits per heavy atom. The summed E-state index contributed by atoms with van der Waals surface area (Å²) in [5.74, 6) is 0. The molecule has 0 heterocycles. The Labute approximate surface area is 286 Å². The molecule has 45 heavy (non-hydrogen) atoms. The molecular formula is C42H32Cl2Zr. The maximum Gasteiger partial charge on any atom is -1.00 e. The third kappa shape index (κ3) is 5.46. The summed E-state index contributed by atoms with van der Waals surface area (Å²) in [6.07, 6.45) is 2.52. The second kappa shape index (κ2) is 13.4. The number of benzene rings is 6. The van der Waals surface area contributed by atoms with Crippen molar-refractivity contribution in [3.8, 4) is 22.3 Å². The molecule has 0 saturated heterocycles. The molecule has 0 aromatic heterocycles. The van der Waals surface area contributed by atoms with Gasteiger partial charge in [-0.15, -0.1) is 0 Å². The van der Waals surface area contributed by atoms with Crippen LogP contribution in [0.4, 0.5) is 0 Å². The number of hydrogen-bond donors (Lipinski definition) is 0. The summed E-state index contributed by atoms with van der Waals surface area (Å²) >= 11 is -2.82. The monoisotopic (exact) mass is 696 g/mol. The molecule has 1 atom stereocenters. The van der Waals surface area contributed by atoms with Crippen LogP contribution in [0.25, 0.3) is 28.3 Å². The van der Waals surface area contributed by atoms with Crippen molar-refractivity contribution in [3.63, 3.8) is 0 Å². The van der Waals surface area contributed by atoms with E-state index in [0.29, 0.717) is 7.25 Å². The van der Waals surface area contributed by atoms with Crippen molar-refractivity contribution in [1.82, 2.24) is 0 Å². The van der Waals surface area contributed by atoms with Gasteiger partial charge in [0.2, 0.25) is 0 Å². The van der Waals surface area contributed by atoms with E-state index >= 15 is 0 Å². The average Bonchev–Trinajstić information content (AvgIpc) is 3.59. The van der Waals surface area contributed by atoms with Gasteiger partial charge in [0.05, 0.1) is 0 Å². The molecule has 0 N–H and O–H groups in total. The summed E-state index contributed by atoms with van der Waals surface area (Å²) in [6, 6.07) is 59.0. The van der Waals surface area contributed by atoms with Gasteiger partial charge in [0.15, 0.2) is 0 Å². The van der Waals surface area contributed by atoms with E-state index in [4.69, 9.17) is 0 Å². The maximum atomic E-state index is 2.52. The fraction of sp³-hybridized carbons (Fsp3) is 0.0714. The van der Waals surface area contributed by atoms with Crippen LogP contribution in [0.3, 0.4) is 0 Å². The van der Waals surface area contributed by atoms with Gasteiger partial charge in [-0.3, -0.25) is 0 Å². The molecule has 2 aliphatic rings. The minimum atomic E-state index is -2.82. The van der Waals surface area contributed by atoms with Crippen molar-refractivity contribution in [2.24, 2.45) is 0 Å². The molecule has 0 radical (unpaired) electrons. The van der Waals surface area contributed by atoms with Gasteiger partial charge in [-0.05, 0) is 0 Å². The first kappa shape index (κ1) is 31.4. The molecule has 218 valence electrons. The summed E-state index contributed by atoms with van der Waals surface area (Å²) < 4.78 is 2.43. The summed E-state index contributed by atoms with van der Waals surface area (Å²) in [5, 5.41) is 0. The van der Waals surface area contributed by atoms with Crippen molar-refractivity contribution in [3.05, 3.63) is 197 Å². The smallest absolute Gasteiger partial charge is 1.00 e. The largest absolute Gasteiger partial charge is 1.00 e. The Hall–Kier alpha value is -3.61. The normalized spacial score (nSPS) is 14.0. The molecule has 2 aliphatic carbocycles. The van der Waals surface area contributed by atoms with Crippen molar-refractivity contribution >= 4 is 9.28 Å². The van der Waals surface area contributed by atoms with Crippen LogP contribution in [0, 0.1) is 0 Å². The quantitative estimate of drug-likeness (QED) is 0.250. The topological polar surface area (TPSA) is 0 Å². The van der Waals surface area contributed by atoms with Gasteiger partial charge in [0.25, 0.3) is 0 Å². The van der Waals surface area contributed by atoms with Crippen LogP contribution in [0.2, 0.25) is 0 Å². The zero-order valence-corrected chi connectivity index (χ0v) is 29.0. The molecule has 0 bridgehead atoms. The predicted octanol–water partition coefficient (Wildman–Crippen LogP) is 4.48. The van der Waals surface area contributed by atoms with Crippen LogP contribution in [-0.4, -0.2) is 3.21 Å². The van der Waals surface area contributed by atoms with Crippen molar-refractivity contribution in [2.75, 3.05) is 0 Å². The third-order valence-corrected chi connectivity index (χ3v) is 18.5. The first-order valence-electron chi connectivity index (χ1n) is 15.2. The van der Waals surface area contributed by atoms with Crippen molar-refractivity contribution in [2.45, 2.75) is 14.2 Å². The van der Waals surface area contributed by atoms with Gasteiger partial charge in [0, 0.05) is 0 Å². The average molecular weight is 699 g/mol. The van der Waals surface area contributed by atoms with Crippen LogP contribution in [0.5, 0.6) is 0 Å². The van der Waals surface area contributed by atoms with E-state index in [2.05, 4.69) is 171 Å². The van der Waals surface area contributed by atoms with Crippen LogP contribution in [-0.2, 0) is 21.3 Å². The van der Waals surface area contributed by atoms with Crippen LogP contribution in [0.15, 0.2) is 163 Å².